The van der Waals surface area contributed by atoms with E-state index in [2.05, 4.69) is 15.0 Å². The summed E-state index contributed by atoms with van der Waals surface area (Å²) < 4.78 is 9.84. The Morgan fingerprint density at radius 3 is 2.70 bits per heavy atom. The highest BCUT2D eigenvalue weighted by molar-refractivity contribution is 6.32. The van der Waals surface area contributed by atoms with Crippen molar-refractivity contribution in [3.63, 3.8) is 0 Å². The molecule has 1 rings (SSSR count). The zero-order chi connectivity index (χ0) is 15.1. The van der Waals surface area contributed by atoms with Gasteiger partial charge in [-0.15, -0.1) is 0 Å². The molecular weight excluding hydrogens is 284 g/mol. The normalized spacial score (nSPS) is 10.2. The van der Waals surface area contributed by atoms with E-state index in [1.54, 1.807) is 0 Å². The molecule has 0 spiro atoms. The zero-order valence-corrected chi connectivity index (χ0v) is 12.4. The molecule has 110 valence electrons. The Labute approximate surface area is 122 Å². The van der Waals surface area contributed by atoms with Crippen molar-refractivity contribution >= 4 is 23.5 Å². The maximum Gasteiger partial charge on any atom is 0.307 e. The minimum absolute atomic E-state index is 0.0558. The number of methoxy groups -OCH3 is 1. The number of nitrogens with zero attached hydrogens (tertiary/aromatic N) is 1. The van der Waals surface area contributed by atoms with E-state index in [9.17, 15) is 9.59 Å². The van der Waals surface area contributed by atoms with Gasteiger partial charge >= 0.3 is 5.97 Å². The van der Waals surface area contributed by atoms with Crippen LogP contribution < -0.4 is 10.1 Å². The number of hydrogen-bond donors (Lipinski definition) is 1. The minimum atomic E-state index is -0.387. The standard InChI is InChI=1S/C13H17ClN2O4/c1-8(2)20-13-10(14)6-9(7-16-13)12(18)15-5-4-11(17)19-3/h6-8H,4-5H2,1-3H3,(H,15,18). The third-order valence-electron chi connectivity index (χ3n) is 2.26. The maximum absolute atomic E-state index is 11.8. The molecule has 0 atom stereocenters. The first-order valence-corrected chi connectivity index (χ1v) is 6.49. The van der Waals surface area contributed by atoms with Crippen LogP contribution in [0.3, 0.4) is 0 Å². The Kier molecular flexibility index (Phi) is 6.24. The van der Waals surface area contributed by atoms with E-state index < -0.39 is 0 Å². The number of aromatic nitrogens is 1. The summed E-state index contributed by atoms with van der Waals surface area (Å²) in [6.45, 7) is 3.89. The van der Waals surface area contributed by atoms with Gasteiger partial charge in [-0.3, -0.25) is 9.59 Å². The molecule has 1 aromatic heterocycles. The van der Waals surface area contributed by atoms with Gasteiger partial charge in [0.05, 0.1) is 25.2 Å². The third kappa shape index (κ3) is 5.05. The van der Waals surface area contributed by atoms with E-state index in [-0.39, 0.29) is 41.8 Å². The summed E-state index contributed by atoms with van der Waals surface area (Å²) in [4.78, 5) is 26.7. The van der Waals surface area contributed by atoms with Crippen LogP contribution in [0.2, 0.25) is 5.02 Å². The smallest absolute Gasteiger partial charge is 0.307 e. The van der Waals surface area contributed by atoms with Gasteiger partial charge in [0, 0.05) is 12.7 Å². The number of rotatable bonds is 6. The fourth-order valence-electron chi connectivity index (χ4n) is 1.34. The molecule has 1 N–H and O–H groups in total. The van der Waals surface area contributed by atoms with Crippen LogP contribution in [0.25, 0.3) is 0 Å². The highest BCUT2D eigenvalue weighted by Crippen LogP contribution is 2.23. The third-order valence-corrected chi connectivity index (χ3v) is 2.53. The Hall–Kier alpha value is -1.82. The molecule has 1 amide bonds. The van der Waals surface area contributed by atoms with Crippen molar-refractivity contribution in [1.82, 2.24) is 10.3 Å². The van der Waals surface area contributed by atoms with Gasteiger partial charge in [0.1, 0.15) is 5.02 Å². The van der Waals surface area contributed by atoms with Gasteiger partial charge in [-0.05, 0) is 19.9 Å². The van der Waals surface area contributed by atoms with E-state index in [4.69, 9.17) is 16.3 Å². The molecule has 1 heterocycles. The summed E-state index contributed by atoms with van der Waals surface area (Å²) in [7, 11) is 1.29. The number of esters is 1. The zero-order valence-electron chi connectivity index (χ0n) is 11.6. The summed E-state index contributed by atoms with van der Waals surface area (Å²) in [5.74, 6) is -0.464. The van der Waals surface area contributed by atoms with Gasteiger partial charge in [-0.1, -0.05) is 11.6 Å². The molecule has 0 aliphatic rings. The van der Waals surface area contributed by atoms with Gasteiger partial charge in [0.25, 0.3) is 5.91 Å². The molecule has 0 radical (unpaired) electrons. The molecule has 20 heavy (non-hydrogen) atoms. The minimum Gasteiger partial charge on any atom is -0.474 e. The molecule has 0 fully saturated rings. The number of carbonyl (C=O) groups is 2. The van der Waals surface area contributed by atoms with Crippen molar-refractivity contribution in [2.75, 3.05) is 13.7 Å². The van der Waals surface area contributed by atoms with Crippen molar-refractivity contribution < 1.29 is 19.1 Å². The number of hydrogen-bond acceptors (Lipinski definition) is 5. The molecule has 6 nitrogen and oxygen atoms in total. The van der Waals surface area contributed by atoms with Crippen LogP contribution in [0.4, 0.5) is 0 Å². The Morgan fingerprint density at radius 1 is 1.45 bits per heavy atom. The lowest BCUT2D eigenvalue weighted by molar-refractivity contribution is -0.140. The van der Waals surface area contributed by atoms with Gasteiger partial charge in [0.15, 0.2) is 0 Å². The number of pyridine rings is 1. The van der Waals surface area contributed by atoms with Crippen molar-refractivity contribution in [3.8, 4) is 5.88 Å². The van der Waals surface area contributed by atoms with Crippen LogP contribution in [-0.4, -0.2) is 36.6 Å². The lowest BCUT2D eigenvalue weighted by Gasteiger charge is -2.11. The van der Waals surface area contributed by atoms with E-state index in [0.29, 0.717) is 5.56 Å². The number of carbonyl (C=O) groups excluding carboxylic acids is 2. The predicted octanol–water partition coefficient (Wildman–Crippen LogP) is 1.82. The highest BCUT2D eigenvalue weighted by Gasteiger charge is 2.12. The summed E-state index contributed by atoms with van der Waals surface area (Å²) in [6, 6.07) is 1.47. The lowest BCUT2D eigenvalue weighted by Crippen LogP contribution is -2.26. The summed E-state index contributed by atoms with van der Waals surface area (Å²) >= 11 is 5.98. The molecule has 0 saturated heterocycles. The maximum atomic E-state index is 11.8. The second kappa shape index (κ2) is 7.69. The van der Waals surface area contributed by atoms with Gasteiger partial charge in [-0.25, -0.2) is 4.98 Å². The summed E-state index contributed by atoms with van der Waals surface area (Å²) in [5, 5.41) is 2.84. The second-order valence-electron chi connectivity index (χ2n) is 4.26. The summed E-state index contributed by atoms with van der Waals surface area (Å²) in [5.41, 5.74) is 0.302. The second-order valence-corrected chi connectivity index (χ2v) is 4.67. The van der Waals surface area contributed by atoms with E-state index in [1.807, 2.05) is 13.8 Å². The van der Waals surface area contributed by atoms with Gasteiger partial charge in [-0.2, -0.15) is 0 Å². The van der Waals surface area contributed by atoms with Crippen LogP contribution >= 0.6 is 11.6 Å². The summed E-state index contributed by atoms with van der Waals surface area (Å²) in [6.07, 6.45) is 1.43. The van der Waals surface area contributed by atoms with E-state index >= 15 is 0 Å². The molecule has 0 aliphatic carbocycles. The van der Waals surface area contributed by atoms with Crippen molar-refractivity contribution in [2.45, 2.75) is 26.4 Å². The van der Waals surface area contributed by atoms with Crippen LogP contribution in [0.15, 0.2) is 12.3 Å². The van der Waals surface area contributed by atoms with Crippen LogP contribution in [0, 0.1) is 0 Å². The Morgan fingerprint density at radius 2 is 2.15 bits per heavy atom. The first kappa shape index (κ1) is 16.2. The molecule has 0 aromatic carbocycles. The highest BCUT2D eigenvalue weighted by atomic mass is 35.5. The Bertz CT molecular complexity index is 491. The van der Waals surface area contributed by atoms with Crippen molar-refractivity contribution in [3.05, 3.63) is 22.8 Å². The van der Waals surface area contributed by atoms with Crippen LogP contribution in [0.1, 0.15) is 30.6 Å². The quantitative estimate of drug-likeness (QED) is 0.811. The molecule has 0 bridgehead atoms. The molecule has 0 unspecified atom stereocenters. The van der Waals surface area contributed by atoms with Crippen LogP contribution in [-0.2, 0) is 9.53 Å². The topological polar surface area (TPSA) is 77.5 Å². The number of amides is 1. The first-order chi connectivity index (χ1) is 9.43. The molecule has 7 heteroatoms. The monoisotopic (exact) mass is 300 g/mol. The average Bonchev–Trinajstić information content (AvgIpc) is 2.40. The predicted molar refractivity (Wildman–Crippen MR) is 74.0 cm³/mol. The van der Waals surface area contributed by atoms with E-state index in [0.717, 1.165) is 0 Å². The average molecular weight is 301 g/mol. The number of ether oxygens (including phenoxy) is 2. The molecule has 1 aromatic rings. The van der Waals surface area contributed by atoms with Crippen LogP contribution in [0.5, 0.6) is 5.88 Å². The van der Waals surface area contributed by atoms with E-state index in [1.165, 1.54) is 19.4 Å². The van der Waals surface area contributed by atoms with Gasteiger partial charge < -0.3 is 14.8 Å². The van der Waals surface area contributed by atoms with Crippen molar-refractivity contribution in [2.24, 2.45) is 0 Å². The first-order valence-electron chi connectivity index (χ1n) is 6.11. The lowest BCUT2D eigenvalue weighted by atomic mass is 10.2. The number of nitrogens with one attached hydrogen (secondary N) is 1. The molecule has 0 aliphatic heterocycles. The van der Waals surface area contributed by atoms with Crippen molar-refractivity contribution in [1.29, 1.82) is 0 Å². The van der Waals surface area contributed by atoms with Gasteiger partial charge in [0.2, 0.25) is 5.88 Å². The fourth-order valence-corrected chi connectivity index (χ4v) is 1.55. The molecule has 0 saturated carbocycles. The fraction of sp³-hybridized carbons (Fsp3) is 0.462. The Balaban J connectivity index is 2.61. The SMILES string of the molecule is COC(=O)CCNC(=O)c1cnc(OC(C)C)c(Cl)c1. The number of halogens is 1. The largest absolute Gasteiger partial charge is 0.474 e. The molecular formula is C13H17ClN2O4.